The van der Waals surface area contributed by atoms with Gasteiger partial charge in [0.15, 0.2) is 9.84 Å². The summed E-state index contributed by atoms with van der Waals surface area (Å²) in [5, 5.41) is 6.90. The van der Waals surface area contributed by atoms with E-state index in [2.05, 4.69) is 10.2 Å². The number of H-pyrrole nitrogens is 1. The smallest absolute Gasteiger partial charge is 0.156 e. The van der Waals surface area contributed by atoms with Gasteiger partial charge in [0.25, 0.3) is 0 Å². The lowest BCUT2D eigenvalue weighted by atomic mass is 10.1. The highest BCUT2D eigenvalue weighted by Gasteiger charge is 2.24. The zero-order chi connectivity index (χ0) is 9.47. The summed E-state index contributed by atoms with van der Waals surface area (Å²) in [5.41, 5.74) is 2.94. The molecule has 1 N–H and O–H groups in total. The first kappa shape index (κ1) is 8.74. The van der Waals surface area contributed by atoms with E-state index in [-0.39, 0.29) is 11.5 Å². The van der Waals surface area contributed by atoms with E-state index in [0.717, 1.165) is 23.4 Å². The van der Waals surface area contributed by atoms with Crippen molar-refractivity contribution in [2.45, 2.75) is 25.5 Å². The fourth-order valence-corrected chi connectivity index (χ4v) is 3.04. The third-order valence-electron chi connectivity index (χ3n) is 2.40. The molecule has 1 aromatic rings. The molecule has 72 valence electrons. The van der Waals surface area contributed by atoms with Crippen LogP contribution in [0.15, 0.2) is 0 Å². The zero-order valence-electron chi connectivity index (χ0n) is 7.50. The van der Waals surface area contributed by atoms with Crippen LogP contribution in [0.5, 0.6) is 0 Å². The van der Waals surface area contributed by atoms with Crippen molar-refractivity contribution in [3.8, 4) is 0 Å². The van der Waals surface area contributed by atoms with Gasteiger partial charge in [-0.1, -0.05) is 6.92 Å². The van der Waals surface area contributed by atoms with Gasteiger partial charge in [0, 0.05) is 0 Å². The molecule has 4 nitrogen and oxygen atoms in total. The molecule has 2 rings (SSSR count). The third kappa shape index (κ3) is 1.48. The van der Waals surface area contributed by atoms with Crippen LogP contribution in [0.4, 0.5) is 0 Å². The zero-order valence-corrected chi connectivity index (χ0v) is 8.32. The Hall–Kier alpha value is -0.840. The van der Waals surface area contributed by atoms with Gasteiger partial charge in [-0.3, -0.25) is 5.10 Å². The second kappa shape index (κ2) is 2.83. The Kier molecular flexibility index (Phi) is 1.91. The highest BCUT2D eigenvalue weighted by atomic mass is 32.2. The molecule has 0 bridgehead atoms. The van der Waals surface area contributed by atoms with Crippen molar-refractivity contribution in [1.82, 2.24) is 10.2 Å². The number of nitrogens with one attached hydrogen (secondary N) is 1. The number of nitrogens with zero attached hydrogens (tertiary/aromatic N) is 1. The van der Waals surface area contributed by atoms with Crippen molar-refractivity contribution >= 4 is 9.84 Å². The Morgan fingerprint density at radius 2 is 2.31 bits per heavy atom. The molecule has 5 heteroatoms. The fraction of sp³-hybridized carbons (Fsp3) is 0.625. The first-order chi connectivity index (χ1) is 6.12. The first-order valence-electron chi connectivity index (χ1n) is 4.38. The highest BCUT2D eigenvalue weighted by molar-refractivity contribution is 7.90. The highest BCUT2D eigenvalue weighted by Crippen LogP contribution is 2.21. The molecule has 0 fully saturated rings. The Morgan fingerprint density at radius 1 is 1.54 bits per heavy atom. The number of rotatable bonds is 1. The molecule has 2 heterocycles. The predicted octanol–water partition coefficient (Wildman–Crippen LogP) is 0.443. The fourth-order valence-electron chi connectivity index (χ4n) is 1.70. The maximum Gasteiger partial charge on any atom is 0.156 e. The van der Waals surface area contributed by atoms with Crippen LogP contribution >= 0.6 is 0 Å². The molecule has 13 heavy (non-hydrogen) atoms. The van der Waals surface area contributed by atoms with E-state index in [0.29, 0.717) is 6.42 Å². The number of hydrogen-bond donors (Lipinski definition) is 1. The summed E-state index contributed by atoms with van der Waals surface area (Å²) >= 11 is 0. The van der Waals surface area contributed by atoms with Gasteiger partial charge in [-0.2, -0.15) is 5.10 Å². The van der Waals surface area contributed by atoms with Crippen molar-refractivity contribution in [2.24, 2.45) is 0 Å². The molecule has 1 aliphatic heterocycles. The monoisotopic (exact) mass is 200 g/mol. The first-order valence-corrected chi connectivity index (χ1v) is 6.20. The third-order valence-corrected chi connectivity index (χ3v) is 3.96. The molecule has 0 unspecified atom stereocenters. The number of aromatic nitrogens is 2. The van der Waals surface area contributed by atoms with Gasteiger partial charge in [0.1, 0.15) is 0 Å². The average Bonchev–Trinajstić information content (AvgIpc) is 2.44. The molecular formula is C8H12N2O2S. The summed E-state index contributed by atoms with van der Waals surface area (Å²) in [6, 6.07) is 0. The molecule has 0 aromatic carbocycles. The molecule has 1 aromatic heterocycles. The quantitative estimate of drug-likeness (QED) is 0.715. The minimum Gasteiger partial charge on any atom is -0.281 e. The van der Waals surface area contributed by atoms with Crippen LogP contribution in [-0.4, -0.2) is 24.4 Å². The summed E-state index contributed by atoms with van der Waals surface area (Å²) in [5.74, 6) is 0.405. The number of sulfone groups is 1. The van der Waals surface area contributed by atoms with Crippen LogP contribution in [0, 0.1) is 0 Å². The molecule has 0 radical (unpaired) electrons. The second-order valence-corrected chi connectivity index (χ2v) is 5.51. The molecule has 0 spiro atoms. The van der Waals surface area contributed by atoms with Gasteiger partial charge in [0.05, 0.1) is 22.9 Å². The largest absolute Gasteiger partial charge is 0.281 e. The van der Waals surface area contributed by atoms with Crippen LogP contribution in [0.1, 0.15) is 23.9 Å². The van der Waals surface area contributed by atoms with Crippen LogP contribution in [-0.2, 0) is 28.4 Å². The van der Waals surface area contributed by atoms with E-state index in [4.69, 9.17) is 0 Å². The average molecular weight is 200 g/mol. The van der Waals surface area contributed by atoms with Crippen molar-refractivity contribution in [3.63, 3.8) is 0 Å². The molecule has 0 atom stereocenters. The Labute approximate surface area is 77.3 Å². The molecule has 0 saturated carbocycles. The van der Waals surface area contributed by atoms with Crippen molar-refractivity contribution in [2.75, 3.05) is 5.75 Å². The van der Waals surface area contributed by atoms with Gasteiger partial charge in [-0.05, 0) is 18.4 Å². The molecule has 1 aliphatic rings. The molecule has 0 amide bonds. The predicted molar refractivity (Wildman–Crippen MR) is 49.2 cm³/mol. The van der Waals surface area contributed by atoms with E-state index < -0.39 is 9.84 Å². The summed E-state index contributed by atoms with van der Waals surface area (Å²) in [7, 11) is -2.86. The number of hydrogen-bond acceptors (Lipinski definition) is 3. The van der Waals surface area contributed by atoms with E-state index >= 15 is 0 Å². The minimum atomic E-state index is -2.86. The Bertz CT molecular complexity index is 419. The van der Waals surface area contributed by atoms with E-state index in [1.807, 2.05) is 6.92 Å². The van der Waals surface area contributed by atoms with Crippen molar-refractivity contribution in [3.05, 3.63) is 17.0 Å². The van der Waals surface area contributed by atoms with E-state index in [9.17, 15) is 8.42 Å². The number of aromatic amines is 1. The lowest BCUT2D eigenvalue weighted by Crippen LogP contribution is -2.18. The molecule has 0 aliphatic carbocycles. The van der Waals surface area contributed by atoms with E-state index in [1.165, 1.54) is 0 Å². The van der Waals surface area contributed by atoms with Gasteiger partial charge in [-0.15, -0.1) is 0 Å². The maximum absolute atomic E-state index is 11.3. The SMILES string of the molecule is CCc1n[nH]c2c1CCS(=O)(=O)C2. The summed E-state index contributed by atoms with van der Waals surface area (Å²) in [4.78, 5) is 0. The Balaban J connectivity index is 2.44. The van der Waals surface area contributed by atoms with Crippen LogP contribution in [0.25, 0.3) is 0 Å². The number of aryl methyl sites for hydroxylation is 1. The number of fused-ring (bicyclic) bond motifs is 1. The minimum absolute atomic E-state index is 0.134. The van der Waals surface area contributed by atoms with Gasteiger partial charge in [0.2, 0.25) is 0 Å². The lowest BCUT2D eigenvalue weighted by Gasteiger charge is -2.11. The van der Waals surface area contributed by atoms with Crippen molar-refractivity contribution in [1.29, 1.82) is 0 Å². The maximum atomic E-state index is 11.3. The van der Waals surface area contributed by atoms with E-state index in [1.54, 1.807) is 0 Å². The normalized spacial score (nSPS) is 19.8. The molecular weight excluding hydrogens is 188 g/mol. The van der Waals surface area contributed by atoms with Crippen molar-refractivity contribution < 1.29 is 8.42 Å². The van der Waals surface area contributed by atoms with Gasteiger partial charge >= 0.3 is 0 Å². The van der Waals surface area contributed by atoms with Crippen LogP contribution in [0.2, 0.25) is 0 Å². The summed E-state index contributed by atoms with van der Waals surface area (Å²) in [6.45, 7) is 2.03. The summed E-state index contributed by atoms with van der Waals surface area (Å²) in [6.07, 6.45) is 1.49. The summed E-state index contributed by atoms with van der Waals surface area (Å²) < 4.78 is 22.5. The standard InChI is InChI=1S/C8H12N2O2S/c1-2-7-6-3-4-13(11,12)5-8(6)10-9-7/h2-5H2,1H3,(H,9,10). The van der Waals surface area contributed by atoms with Gasteiger partial charge < -0.3 is 0 Å². The van der Waals surface area contributed by atoms with Gasteiger partial charge in [-0.25, -0.2) is 8.42 Å². The van der Waals surface area contributed by atoms with Crippen LogP contribution in [0.3, 0.4) is 0 Å². The topological polar surface area (TPSA) is 62.8 Å². The Morgan fingerprint density at radius 3 is 3.00 bits per heavy atom. The lowest BCUT2D eigenvalue weighted by molar-refractivity contribution is 0.591. The molecule has 0 saturated heterocycles. The van der Waals surface area contributed by atoms with Crippen LogP contribution < -0.4 is 0 Å². The second-order valence-electron chi connectivity index (χ2n) is 3.32.